The van der Waals surface area contributed by atoms with Crippen molar-refractivity contribution in [1.82, 2.24) is 5.32 Å². The van der Waals surface area contributed by atoms with Crippen molar-refractivity contribution in [2.75, 3.05) is 20.3 Å². The number of nitrogens with one attached hydrogen (secondary N) is 1. The molecule has 0 amide bonds. The van der Waals surface area contributed by atoms with E-state index in [1.165, 1.54) is 32.1 Å². The molecule has 0 aromatic carbocycles. The molecule has 2 unspecified atom stereocenters. The van der Waals surface area contributed by atoms with E-state index in [4.69, 9.17) is 4.74 Å². The predicted molar refractivity (Wildman–Crippen MR) is 65.1 cm³/mol. The molecule has 0 saturated heterocycles. The molecule has 2 heteroatoms. The summed E-state index contributed by atoms with van der Waals surface area (Å²) < 4.78 is 5.05. The second-order valence-corrected chi connectivity index (χ2v) is 4.99. The molecule has 1 N–H and O–H groups in total. The van der Waals surface area contributed by atoms with Gasteiger partial charge in [0.2, 0.25) is 0 Å². The van der Waals surface area contributed by atoms with Crippen LogP contribution in [0.25, 0.3) is 0 Å². The number of hydrogen-bond acceptors (Lipinski definition) is 2. The van der Waals surface area contributed by atoms with Gasteiger partial charge in [0.05, 0.1) is 6.61 Å². The summed E-state index contributed by atoms with van der Waals surface area (Å²) in [6.45, 7) is 6.52. The molecule has 1 aliphatic rings. The normalized spacial score (nSPS) is 22.6. The molecule has 0 aliphatic heterocycles. The molecule has 0 radical (unpaired) electrons. The Morgan fingerprint density at radius 3 is 2.47 bits per heavy atom. The number of rotatable bonds is 6. The zero-order chi connectivity index (χ0) is 11.1. The Balaban J connectivity index is 2.21. The van der Waals surface area contributed by atoms with Crippen LogP contribution in [0, 0.1) is 11.8 Å². The number of methoxy groups -OCH3 is 1. The molecule has 1 fully saturated rings. The van der Waals surface area contributed by atoms with Gasteiger partial charge in [-0.25, -0.2) is 0 Å². The average molecular weight is 213 g/mol. The average Bonchev–Trinajstić information content (AvgIpc) is 2.29. The van der Waals surface area contributed by atoms with Crippen LogP contribution in [0.2, 0.25) is 0 Å². The first kappa shape index (κ1) is 13.0. The molecule has 0 aromatic rings. The van der Waals surface area contributed by atoms with E-state index < -0.39 is 0 Å². The van der Waals surface area contributed by atoms with Crippen LogP contribution in [0.4, 0.5) is 0 Å². The standard InChI is InChI=1S/C13H27NO/c1-11(12(2)14-9-10-15-3)13-7-5-4-6-8-13/h11-14H,4-10H2,1-3H3. The van der Waals surface area contributed by atoms with Crippen molar-refractivity contribution in [3.63, 3.8) is 0 Å². The summed E-state index contributed by atoms with van der Waals surface area (Å²) in [5, 5.41) is 3.56. The summed E-state index contributed by atoms with van der Waals surface area (Å²) >= 11 is 0. The van der Waals surface area contributed by atoms with Gasteiger partial charge in [-0.1, -0.05) is 39.0 Å². The second-order valence-electron chi connectivity index (χ2n) is 4.99. The molecule has 1 saturated carbocycles. The number of ether oxygens (including phenoxy) is 1. The third-order valence-corrected chi connectivity index (χ3v) is 3.95. The highest BCUT2D eigenvalue weighted by Gasteiger charge is 2.23. The summed E-state index contributed by atoms with van der Waals surface area (Å²) in [4.78, 5) is 0. The summed E-state index contributed by atoms with van der Waals surface area (Å²) in [5.41, 5.74) is 0. The van der Waals surface area contributed by atoms with E-state index in [0.29, 0.717) is 6.04 Å². The van der Waals surface area contributed by atoms with Gasteiger partial charge in [0.25, 0.3) is 0 Å². The lowest BCUT2D eigenvalue weighted by Gasteiger charge is -2.32. The van der Waals surface area contributed by atoms with Gasteiger partial charge in [-0.2, -0.15) is 0 Å². The van der Waals surface area contributed by atoms with Gasteiger partial charge in [-0.05, 0) is 18.8 Å². The van der Waals surface area contributed by atoms with Crippen LogP contribution in [-0.4, -0.2) is 26.3 Å². The summed E-state index contributed by atoms with van der Waals surface area (Å²) in [7, 11) is 1.76. The lowest BCUT2D eigenvalue weighted by Crippen LogP contribution is -2.38. The molecule has 1 aliphatic carbocycles. The first-order valence-corrected chi connectivity index (χ1v) is 6.48. The van der Waals surface area contributed by atoms with Gasteiger partial charge in [-0.15, -0.1) is 0 Å². The highest BCUT2D eigenvalue weighted by atomic mass is 16.5. The van der Waals surface area contributed by atoms with Crippen LogP contribution in [0.15, 0.2) is 0 Å². The van der Waals surface area contributed by atoms with Crippen molar-refractivity contribution in [1.29, 1.82) is 0 Å². The van der Waals surface area contributed by atoms with Crippen molar-refractivity contribution >= 4 is 0 Å². The summed E-state index contributed by atoms with van der Waals surface area (Å²) in [6.07, 6.45) is 7.23. The van der Waals surface area contributed by atoms with Crippen LogP contribution in [0.3, 0.4) is 0 Å². The first-order valence-electron chi connectivity index (χ1n) is 6.48. The van der Waals surface area contributed by atoms with Gasteiger partial charge < -0.3 is 10.1 Å². The Bertz CT molecular complexity index is 155. The Morgan fingerprint density at radius 2 is 1.87 bits per heavy atom. The van der Waals surface area contributed by atoms with Gasteiger partial charge >= 0.3 is 0 Å². The Labute approximate surface area is 94.8 Å². The van der Waals surface area contributed by atoms with Gasteiger partial charge in [-0.3, -0.25) is 0 Å². The zero-order valence-electron chi connectivity index (χ0n) is 10.6. The maximum Gasteiger partial charge on any atom is 0.0587 e. The smallest absolute Gasteiger partial charge is 0.0587 e. The van der Waals surface area contributed by atoms with Crippen molar-refractivity contribution < 1.29 is 4.74 Å². The Kier molecular flexibility index (Phi) is 6.26. The second kappa shape index (κ2) is 7.24. The molecule has 15 heavy (non-hydrogen) atoms. The third-order valence-electron chi connectivity index (χ3n) is 3.95. The molecule has 0 spiro atoms. The van der Waals surface area contributed by atoms with Crippen LogP contribution < -0.4 is 5.32 Å². The monoisotopic (exact) mass is 213 g/mol. The van der Waals surface area contributed by atoms with Crippen molar-refractivity contribution in [3.8, 4) is 0 Å². The molecule has 0 aromatic heterocycles. The Hall–Kier alpha value is -0.0800. The van der Waals surface area contributed by atoms with Gasteiger partial charge in [0, 0.05) is 19.7 Å². The van der Waals surface area contributed by atoms with E-state index in [1.807, 2.05) is 0 Å². The van der Waals surface area contributed by atoms with Gasteiger partial charge in [0.1, 0.15) is 0 Å². The predicted octanol–water partition coefficient (Wildman–Crippen LogP) is 2.83. The minimum absolute atomic E-state index is 0.628. The lowest BCUT2D eigenvalue weighted by molar-refractivity contribution is 0.178. The van der Waals surface area contributed by atoms with E-state index in [2.05, 4.69) is 19.2 Å². The SMILES string of the molecule is COCCNC(C)C(C)C1CCCCC1. The molecule has 1 rings (SSSR count). The molecule has 0 bridgehead atoms. The van der Waals surface area contributed by atoms with E-state index in [-0.39, 0.29) is 0 Å². The lowest BCUT2D eigenvalue weighted by atomic mass is 9.78. The first-order chi connectivity index (χ1) is 7.25. The fourth-order valence-corrected chi connectivity index (χ4v) is 2.64. The molecular formula is C13H27NO. The minimum Gasteiger partial charge on any atom is -0.383 e. The maximum atomic E-state index is 5.05. The largest absolute Gasteiger partial charge is 0.383 e. The van der Waals surface area contributed by atoms with Crippen LogP contribution in [0.1, 0.15) is 46.0 Å². The molecular weight excluding hydrogens is 186 g/mol. The quantitative estimate of drug-likeness (QED) is 0.685. The third kappa shape index (κ3) is 4.52. The van der Waals surface area contributed by atoms with Crippen LogP contribution >= 0.6 is 0 Å². The summed E-state index contributed by atoms with van der Waals surface area (Å²) in [5.74, 6) is 1.76. The van der Waals surface area contributed by atoms with Crippen molar-refractivity contribution in [2.45, 2.75) is 52.0 Å². The maximum absolute atomic E-state index is 5.05. The van der Waals surface area contributed by atoms with Crippen LogP contribution in [-0.2, 0) is 4.74 Å². The summed E-state index contributed by atoms with van der Waals surface area (Å²) in [6, 6.07) is 0.628. The molecule has 2 nitrogen and oxygen atoms in total. The molecule has 0 heterocycles. The number of hydrogen-bond donors (Lipinski definition) is 1. The van der Waals surface area contributed by atoms with Crippen LogP contribution in [0.5, 0.6) is 0 Å². The fraction of sp³-hybridized carbons (Fsp3) is 1.00. The van der Waals surface area contributed by atoms with Gasteiger partial charge in [0.15, 0.2) is 0 Å². The highest BCUT2D eigenvalue weighted by Crippen LogP contribution is 2.31. The fourth-order valence-electron chi connectivity index (χ4n) is 2.64. The van der Waals surface area contributed by atoms with E-state index >= 15 is 0 Å². The van der Waals surface area contributed by atoms with E-state index in [0.717, 1.165) is 25.0 Å². The van der Waals surface area contributed by atoms with E-state index in [9.17, 15) is 0 Å². The molecule has 90 valence electrons. The zero-order valence-corrected chi connectivity index (χ0v) is 10.6. The minimum atomic E-state index is 0.628. The van der Waals surface area contributed by atoms with Crippen molar-refractivity contribution in [3.05, 3.63) is 0 Å². The van der Waals surface area contributed by atoms with Crippen molar-refractivity contribution in [2.24, 2.45) is 11.8 Å². The topological polar surface area (TPSA) is 21.3 Å². The molecule has 2 atom stereocenters. The highest BCUT2D eigenvalue weighted by molar-refractivity contribution is 4.78. The Morgan fingerprint density at radius 1 is 1.20 bits per heavy atom. The van der Waals surface area contributed by atoms with E-state index in [1.54, 1.807) is 7.11 Å².